The van der Waals surface area contributed by atoms with Crippen LogP contribution < -0.4 is 10.1 Å². The number of benzene rings is 1. The molecule has 5 rings (SSSR count). The zero-order valence-corrected chi connectivity index (χ0v) is 19.8. The summed E-state index contributed by atoms with van der Waals surface area (Å²) in [5, 5.41) is 3.37. The molecule has 0 aromatic heterocycles. The molecule has 1 aromatic carbocycles. The molecule has 0 radical (unpaired) electrons. The molecule has 0 spiro atoms. The van der Waals surface area contributed by atoms with Crippen molar-refractivity contribution in [1.29, 1.82) is 0 Å². The summed E-state index contributed by atoms with van der Waals surface area (Å²) in [6, 6.07) is 8.69. The standard InChI is InChI=1S/C25H35N3O3.ClH/c1-31-21-5-2-4-17(12-21)13-23-20-14-19(22-6-3-7-24(29)28(22)23)15-27(16-20)25(30)18-8-10-26-11-9-18;/h2,4-5,12,18-20,22-23,26H,3,6-11,13-16H2,1H3;1H/t19-,20+,22+,23+;/m1./s1. The normalized spacial score (nSPS) is 30.3. The Morgan fingerprint density at radius 3 is 2.72 bits per heavy atom. The molecule has 4 fully saturated rings. The Hall–Kier alpha value is -1.79. The summed E-state index contributed by atoms with van der Waals surface area (Å²) in [6.07, 6.45) is 6.61. The van der Waals surface area contributed by atoms with Gasteiger partial charge >= 0.3 is 0 Å². The fourth-order valence-electron chi connectivity index (χ4n) is 6.59. The lowest BCUT2D eigenvalue weighted by atomic mass is 9.70. The number of nitrogens with one attached hydrogen (secondary N) is 1. The third-order valence-electron chi connectivity index (χ3n) is 8.08. The van der Waals surface area contributed by atoms with Gasteiger partial charge in [-0.25, -0.2) is 0 Å². The van der Waals surface area contributed by atoms with Crippen molar-refractivity contribution in [3.63, 3.8) is 0 Å². The highest BCUT2D eigenvalue weighted by Gasteiger charge is 2.50. The number of halogens is 1. The van der Waals surface area contributed by atoms with E-state index in [0.29, 0.717) is 30.1 Å². The largest absolute Gasteiger partial charge is 0.497 e. The molecule has 1 aromatic rings. The Morgan fingerprint density at radius 2 is 1.94 bits per heavy atom. The minimum Gasteiger partial charge on any atom is -0.497 e. The average molecular weight is 462 g/mol. The number of hydrogen-bond donors (Lipinski definition) is 1. The predicted molar refractivity (Wildman–Crippen MR) is 126 cm³/mol. The van der Waals surface area contributed by atoms with Crippen molar-refractivity contribution >= 4 is 24.2 Å². The van der Waals surface area contributed by atoms with Crippen molar-refractivity contribution in [3.8, 4) is 5.75 Å². The average Bonchev–Trinajstić information content (AvgIpc) is 2.82. The van der Waals surface area contributed by atoms with Gasteiger partial charge in [-0.15, -0.1) is 12.4 Å². The van der Waals surface area contributed by atoms with Crippen LogP contribution in [0.15, 0.2) is 24.3 Å². The maximum absolute atomic E-state index is 13.4. The Kier molecular flexibility index (Phi) is 7.30. The molecule has 176 valence electrons. The minimum absolute atomic E-state index is 0. The van der Waals surface area contributed by atoms with E-state index in [9.17, 15) is 9.59 Å². The third-order valence-corrected chi connectivity index (χ3v) is 8.08. The van der Waals surface area contributed by atoms with E-state index in [0.717, 1.165) is 70.5 Å². The number of carbonyl (C=O) groups is 2. The highest BCUT2D eigenvalue weighted by atomic mass is 35.5. The van der Waals surface area contributed by atoms with Crippen molar-refractivity contribution in [2.45, 2.75) is 57.0 Å². The van der Waals surface area contributed by atoms with E-state index in [4.69, 9.17) is 4.74 Å². The van der Waals surface area contributed by atoms with E-state index in [1.54, 1.807) is 7.11 Å². The van der Waals surface area contributed by atoms with Crippen LogP contribution in [0.25, 0.3) is 0 Å². The number of ether oxygens (including phenoxy) is 1. The molecule has 0 unspecified atom stereocenters. The molecule has 2 amide bonds. The smallest absolute Gasteiger partial charge is 0.225 e. The predicted octanol–water partition coefficient (Wildman–Crippen LogP) is 2.89. The highest BCUT2D eigenvalue weighted by Crippen LogP contribution is 2.43. The van der Waals surface area contributed by atoms with Crippen LogP contribution in [-0.2, 0) is 16.0 Å². The van der Waals surface area contributed by atoms with Gasteiger partial charge in [-0.3, -0.25) is 9.59 Å². The first-order chi connectivity index (χ1) is 15.1. The Labute approximate surface area is 197 Å². The summed E-state index contributed by atoms with van der Waals surface area (Å²) in [5.74, 6) is 2.48. The van der Waals surface area contributed by atoms with Gasteiger partial charge in [0.25, 0.3) is 0 Å². The zero-order chi connectivity index (χ0) is 21.4. The fourth-order valence-corrected chi connectivity index (χ4v) is 6.59. The van der Waals surface area contributed by atoms with E-state index in [-0.39, 0.29) is 30.4 Å². The van der Waals surface area contributed by atoms with Crippen molar-refractivity contribution in [3.05, 3.63) is 29.8 Å². The lowest BCUT2D eigenvalue weighted by Crippen LogP contribution is -2.66. The van der Waals surface area contributed by atoms with E-state index in [2.05, 4.69) is 27.2 Å². The number of hydrogen-bond acceptors (Lipinski definition) is 4. The Balaban J connectivity index is 0.00000245. The summed E-state index contributed by atoms with van der Waals surface area (Å²) < 4.78 is 5.43. The van der Waals surface area contributed by atoms with Gasteiger partial charge in [0.05, 0.1) is 7.11 Å². The van der Waals surface area contributed by atoms with Crippen LogP contribution in [0.4, 0.5) is 0 Å². The summed E-state index contributed by atoms with van der Waals surface area (Å²) in [4.78, 5) is 30.8. The molecule has 4 aliphatic rings. The molecule has 4 atom stereocenters. The zero-order valence-electron chi connectivity index (χ0n) is 19.0. The number of methoxy groups -OCH3 is 1. The van der Waals surface area contributed by atoms with Gasteiger partial charge in [0.15, 0.2) is 0 Å². The number of likely N-dealkylation sites (tertiary alicyclic amines) is 1. The monoisotopic (exact) mass is 461 g/mol. The minimum atomic E-state index is 0. The van der Waals surface area contributed by atoms with Crippen LogP contribution in [0.1, 0.15) is 44.1 Å². The first kappa shape index (κ1) is 23.4. The molecule has 2 bridgehead atoms. The third kappa shape index (κ3) is 4.49. The molecule has 7 heteroatoms. The fraction of sp³-hybridized carbons (Fsp3) is 0.680. The summed E-state index contributed by atoms with van der Waals surface area (Å²) >= 11 is 0. The van der Waals surface area contributed by atoms with Crippen LogP contribution in [0.2, 0.25) is 0 Å². The van der Waals surface area contributed by atoms with Gasteiger partial charge in [-0.2, -0.15) is 0 Å². The second kappa shape index (κ2) is 10.0. The van der Waals surface area contributed by atoms with Gasteiger partial charge in [0.1, 0.15) is 5.75 Å². The van der Waals surface area contributed by atoms with Crippen LogP contribution >= 0.6 is 12.4 Å². The topological polar surface area (TPSA) is 61.9 Å². The van der Waals surface area contributed by atoms with E-state index in [1.807, 2.05) is 12.1 Å². The van der Waals surface area contributed by atoms with Gasteiger partial charge in [0.2, 0.25) is 11.8 Å². The molecule has 0 aliphatic carbocycles. The summed E-state index contributed by atoms with van der Waals surface area (Å²) in [5.41, 5.74) is 1.21. The SMILES string of the molecule is COc1cccc(C[C@H]2[C@H]3C[C@H](CN(C(=O)C4CCNCC4)C3)[C@@H]3CCCC(=O)N32)c1.Cl. The number of carbonyl (C=O) groups excluding carboxylic acids is 2. The van der Waals surface area contributed by atoms with Crippen molar-refractivity contribution in [1.82, 2.24) is 15.1 Å². The first-order valence-electron chi connectivity index (χ1n) is 12.1. The Bertz CT molecular complexity index is 828. The van der Waals surface area contributed by atoms with E-state index in [1.165, 1.54) is 5.56 Å². The lowest BCUT2D eigenvalue weighted by molar-refractivity contribution is -0.157. The van der Waals surface area contributed by atoms with Crippen LogP contribution in [-0.4, -0.2) is 67.0 Å². The lowest BCUT2D eigenvalue weighted by Gasteiger charge is -2.57. The molecule has 4 aliphatic heterocycles. The highest BCUT2D eigenvalue weighted by molar-refractivity contribution is 5.85. The first-order valence-corrected chi connectivity index (χ1v) is 12.1. The van der Waals surface area contributed by atoms with Crippen molar-refractivity contribution < 1.29 is 14.3 Å². The maximum Gasteiger partial charge on any atom is 0.225 e. The number of amides is 2. The second-order valence-corrected chi connectivity index (χ2v) is 9.91. The van der Waals surface area contributed by atoms with E-state index >= 15 is 0 Å². The molecule has 4 heterocycles. The molecule has 0 saturated carbocycles. The quantitative estimate of drug-likeness (QED) is 0.749. The number of fused-ring (bicyclic) bond motifs is 4. The van der Waals surface area contributed by atoms with Crippen LogP contribution in [0.5, 0.6) is 5.75 Å². The van der Waals surface area contributed by atoms with Crippen molar-refractivity contribution in [2.75, 3.05) is 33.3 Å². The van der Waals surface area contributed by atoms with Gasteiger partial charge in [-0.05, 0) is 81.1 Å². The van der Waals surface area contributed by atoms with Gasteiger partial charge < -0.3 is 19.9 Å². The molecule has 32 heavy (non-hydrogen) atoms. The number of rotatable bonds is 4. The Morgan fingerprint density at radius 1 is 1.16 bits per heavy atom. The number of nitrogens with zero attached hydrogens (tertiary/aromatic N) is 2. The maximum atomic E-state index is 13.4. The molecule has 1 N–H and O–H groups in total. The molecule has 4 saturated heterocycles. The molecular formula is C25H36ClN3O3. The molecule has 6 nitrogen and oxygen atoms in total. The summed E-state index contributed by atoms with van der Waals surface area (Å²) in [6.45, 7) is 3.52. The van der Waals surface area contributed by atoms with Crippen LogP contribution in [0.3, 0.4) is 0 Å². The van der Waals surface area contributed by atoms with Gasteiger partial charge in [-0.1, -0.05) is 12.1 Å². The van der Waals surface area contributed by atoms with E-state index < -0.39 is 0 Å². The van der Waals surface area contributed by atoms with Gasteiger partial charge in [0, 0.05) is 37.5 Å². The van der Waals surface area contributed by atoms with Crippen molar-refractivity contribution in [2.24, 2.45) is 17.8 Å². The number of piperidine rings is 4. The summed E-state index contributed by atoms with van der Waals surface area (Å²) in [7, 11) is 1.69. The van der Waals surface area contributed by atoms with Crippen LogP contribution in [0, 0.1) is 17.8 Å². The molecular weight excluding hydrogens is 426 g/mol. The second-order valence-electron chi connectivity index (χ2n) is 9.91.